The van der Waals surface area contributed by atoms with Crippen molar-refractivity contribution in [3.05, 3.63) is 0 Å². The van der Waals surface area contributed by atoms with Gasteiger partial charge in [0.1, 0.15) is 0 Å². The van der Waals surface area contributed by atoms with Gasteiger partial charge in [0.2, 0.25) is 0 Å². The van der Waals surface area contributed by atoms with Gasteiger partial charge in [-0.3, -0.25) is 4.90 Å². The number of rotatable bonds is 2. The van der Waals surface area contributed by atoms with E-state index in [1.165, 1.54) is 19.3 Å². The molecule has 3 heteroatoms. The second-order valence-electron chi connectivity index (χ2n) is 4.62. The molecule has 0 amide bonds. The van der Waals surface area contributed by atoms with Crippen LogP contribution >= 0.6 is 0 Å². The quantitative estimate of drug-likeness (QED) is 0.720. The third-order valence-electron chi connectivity index (χ3n) is 3.78. The maximum absolute atomic E-state index is 9.71. The van der Waals surface area contributed by atoms with E-state index in [0.29, 0.717) is 18.2 Å². The zero-order valence-corrected chi connectivity index (χ0v) is 9.15. The Balaban J connectivity index is 2.08. The summed E-state index contributed by atoms with van der Waals surface area (Å²) >= 11 is 0. The average Bonchev–Trinajstić information content (AvgIpc) is 2.56. The highest BCUT2D eigenvalue weighted by atomic mass is 16.5. The Morgan fingerprint density at radius 2 is 2.21 bits per heavy atom. The maximum Gasteiger partial charge on any atom is 0.0742 e. The number of hydrogen-bond donors (Lipinski definition) is 1. The molecule has 0 radical (unpaired) electrons. The van der Waals surface area contributed by atoms with Gasteiger partial charge in [0.15, 0.2) is 0 Å². The molecule has 0 aromatic carbocycles. The highest BCUT2D eigenvalue weighted by Crippen LogP contribution is 2.34. The van der Waals surface area contributed by atoms with Gasteiger partial charge in [0.25, 0.3) is 0 Å². The van der Waals surface area contributed by atoms with Crippen LogP contribution in [0.2, 0.25) is 0 Å². The Morgan fingerprint density at radius 3 is 2.86 bits per heavy atom. The first-order chi connectivity index (χ1) is 6.74. The molecular formula is C11H21NO2. The molecule has 14 heavy (non-hydrogen) atoms. The standard InChI is InChI=1S/C11H21NO2/c1-8(13)10-7-11(14-2)9-5-3-4-6-12(9)10/h8-11,13H,3-7H2,1-2H3/t8?,9-,10-,11-/m0/s1. The molecule has 1 N–H and O–H groups in total. The fourth-order valence-corrected chi connectivity index (χ4v) is 3.05. The van der Waals surface area contributed by atoms with Gasteiger partial charge in [-0.2, -0.15) is 0 Å². The van der Waals surface area contributed by atoms with Crippen LogP contribution in [0.1, 0.15) is 32.6 Å². The topological polar surface area (TPSA) is 32.7 Å². The Morgan fingerprint density at radius 1 is 1.43 bits per heavy atom. The highest BCUT2D eigenvalue weighted by molar-refractivity contribution is 4.98. The van der Waals surface area contributed by atoms with Crippen LogP contribution in [0, 0.1) is 0 Å². The van der Waals surface area contributed by atoms with Gasteiger partial charge < -0.3 is 9.84 Å². The highest BCUT2D eigenvalue weighted by Gasteiger charge is 2.43. The summed E-state index contributed by atoms with van der Waals surface area (Å²) < 4.78 is 5.51. The molecule has 4 atom stereocenters. The summed E-state index contributed by atoms with van der Waals surface area (Å²) in [6, 6.07) is 0.888. The molecule has 0 aromatic heterocycles. The molecule has 0 aliphatic carbocycles. The second-order valence-corrected chi connectivity index (χ2v) is 4.62. The Labute approximate surface area is 86.0 Å². The summed E-state index contributed by atoms with van der Waals surface area (Å²) in [7, 11) is 1.79. The van der Waals surface area contributed by atoms with E-state index in [9.17, 15) is 5.11 Å². The first-order valence-corrected chi connectivity index (χ1v) is 5.70. The van der Waals surface area contributed by atoms with Gasteiger partial charge in [-0.1, -0.05) is 6.42 Å². The van der Waals surface area contributed by atoms with Crippen molar-refractivity contribution in [3.8, 4) is 0 Å². The molecule has 0 bridgehead atoms. The first kappa shape index (κ1) is 10.4. The summed E-state index contributed by atoms with van der Waals surface area (Å²) in [6.45, 7) is 3.04. The lowest BCUT2D eigenvalue weighted by atomic mass is 10.0. The van der Waals surface area contributed by atoms with Gasteiger partial charge in [-0.05, 0) is 32.7 Å². The minimum atomic E-state index is -0.226. The van der Waals surface area contributed by atoms with Crippen LogP contribution in [-0.4, -0.2) is 48.0 Å². The van der Waals surface area contributed by atoms with E-state index in [1.807, 2.05) is 6.92 Å². The molecule has 82 valence electrons. The second kappa shape index (κ2) is 4.17. The lowest BCUT2D eigenvalue weighted by molar-refractivity contribution is 0.0308. The molecule has 2 heterocycles. The Hall–Kier alpha value is -0.120. The van der Waals surface area contributed by atoms with Crippen LogP contribution in [0.15, 0.2) is 0 Å². The van der Waals surface area contributed by atoms with Crippen molar-refractivity contribution in [2.75, 3.05) is 13.7 Å². The average molecular weight is 199 g/mol. The largest absolute Gasteiger partial charge is 0.392 e. The predicted molar refractivity (Wildman–Crippen MR) is 55.2 cm³/mol. The molecule has 2 aliphatic rings. The van der Waals surface area contributed by atoms with Crippen LogP contribution in [0.25, 0.3) is 0 Å². The van der Waals surface area contributed by atoms with Crippen LogP contribution in [0.5, 0.6) is 0 Å². The third-order valence-corrected chi connectivity index (χ3v) is 3.78. The van der Waals surface area contributed by atoms with E-state index in [4.69, 9.17) is 4.74 Å². The molecule has 0 spiro atoms. The molecule has 1 unspecified atom stereocenters. The number of methoxy groups -OCH3 is 1. The molecule has 3 nitrogen and oxygen atoms in total. The fraction of sp³-hybridized carbons (Fsp3) is 1.00. The summed E-state index contributed by atoms with van der Waals surface area (Å²) in [5.41, 5.74) is 0. The monoisotopic (exact) mass is 199 g/mol. The first-order valence-electron chi connectivity index (χ1n) is 5.70. The molecule has 0 saturated carbocycles. The van der Waals surface area contributed by atoms with E-state index in [2.05, 4.69) is 4.90 Å². The van der Waals surface area contributed by atoms with Gasteiger partial charge in [-0.25, -0.2) is 0 Å². The van der Waals surface area contributed by atoms with Crippen molar-refractivity contribution in [1.29, 1.82) is 0 Å². The molecule has 2 aliphatic heterocycles. The van der Waals surface area contributed by atoms with Crippen LogP contribution in [0.4, 0.5) is 0 Å². The zero-order valence-electron chi connectivity index (χ0n) is 9.15. The number of ether oxygens (including phenoxy) is 1. The van der Waals surface area contributed by atoms with Crippen LogP contribution in [-0.2, 0) is 4.74 Å². The minimum absolute atomic E-state index is 0.226. The minimum Gasteiger partial charge on any atom is -0.392 e. The summed E-state index contributed by atoms with van der Waals surface area (Å²) in [5.74, 6) is 0. The van der Waals surface area contributed by atoms with Crippen LogP contribution < -0.4 is 0 Å². The lowest BCUT2D eigenvalue weighted by Crippen LogP contribution is -2.45. The number of piperidine rings is 1. The Kier molecular flexibility index (Phi) is 3.10. The van der Waals surface area contributed by atoms with E-state index in [0.717, 1.165) is 13.0 Å². The number of nitrogens with zero attached hydrogens (tertiary/aromatic N) is 1. The van der Waals surface area contributed by atoms with Gasteiger partial charge in [0, 0.05) is 19.2 Å². The van der Waals surface area contributed by atoms with E-state index < -0.39 is 0 Å². The smallest absolute Gasteiger partial charge is 0.0742 e. The number of aliphatic hydroxyl groups is 1. The normalized spacial score (nSPS) is 40.9. The van der Waals surface area contributed by atoms with Crippen molar-refractivity contribution >= 4 is 0 Å². The predicted octanol–water partition coefficient (Wildman–Crippen LogP) is 1.01. The summed E-state index contributed by atoms with van der Waals surface area (Å²) in [6.07, 6.45) is 4.94. The number of hydrogen-bond acceptors (Lipinski definition) is 3. The lowest BCUT2D eigenvalue weighted by Gasteiger charge is -2.35. The fourth-order valence-electron chi connectivity index (χ4n) is 3.05. The van der Waals surface area contributed by atoms with Gasteiger partial charge >= 0.3 is 0 Å². The zero-order chi connectivity index (χ0) is 10.1. The van der Waals surface area contributed by atoms with Crippen molar-refractivity contribution in [1.82, 2.24) is 4.90 Å². The van der Waals surface area contributed by atoms with E-state index in [-0.39, 0.29) is 6.10 Å². The van der Waals surface area contributed by atoms with Gasteiger partial charge in [0.05, 0.1) is 12.2 Å². The Bertz CT molecular complexity index is 194. The van der Waals surface area contributed by atoms with E-state index in [1.54, 1.807) is 7.11 Å². The molecule has 0 aromatic rings. The molecule has 2 fully saturated rings. The van der Waals surface area contributed by atoms with Gasteiger partial charge in [-0.15, -0.1) is 0 Å². The molecule has 2 rings (SSSR count). The summed E-state index contributed by atoms with van der Waals surface area (Å²) in [5, 5.41) is 9.71. The molecular weight excluding hydrogens is 178 g/mol. The van der Waals surface area contributed by atoms with Crippen molar-refractivity contribution in [3.63, 3.8) is 0 Å². The van der Waals surface area contributed by atoms with Crippen LogP contribution in [0.3, 0.4) is 0 Å². The van der Waals surface area contributed by atoms with Crippen molar-refractivity contribution in [2.24, 2.45) is 0 Å². The molecule has 2 saturated heterocycles. The van der Waals surface area contributed by atoms with Crippen molar-refractivity contribution < 1.29 is 9.84 Å². The maximum atomic E-state index is 9.71. The number of aliphatic hydroxyl groups excluding tert-OH is 1. The number of fused-ring (bicyclic) bond motifs is 1. The van der Waals surface area contributed by atoms with E-state index >= 15 is 0 Å². The summed E-state index contributed by atoms with van der Waals surface area (Å²) in [4.78, 5) is 2.46. The van der Waals surface area contributed by atoms with Crippen molar-refractivity contribution in [2.45, 2.75) is 56.9 Å². The third kappa shape index (κ3) is 1.69. The SMILES string of the molecule is CO[C@H]1C[C@@H](C(C)O)N2CCCC[C@@H]12.